The van der Waals surface area contributed by atoms with Crippen LogP contribution >= 0.6 is 12.8 Å². The molecule has 0 aromatic heterocycles. The predicted octanol–water partition coefficient (Wildman–Crippen LogP) is 1.86. The fraction of sp³-hybridized carbons (Fsp3) is 0.188. The van der Waals surface area contributed by atoms with E-state index in [1.807, 2.05) is 26.9 Å². The van der Waals surface area contributed by atoms with Crippen LogP contribution in [0, 0.1) is 5.82 Å². The number of carbonyl (C=O) groups is 1. The molecular weight excluding hydrogens is 298 g/mol. The second kappa shape index (κ2) is 6.88. The lowest BCUT2D eigenvalue weighted by atomic mass is 9.93. The molecule has 0 fully saturated rings. The first-order valence-electron chi connectivity index (χ1n) is 6.97. The zero-order valence-corrected chi connectivity index (χ0v) is 13.7. The summed E-state index contributed by atoms with van der Waals surface area (Å²) in [5.74, 6) is -0.459. The number of nitrogens with zero attached hydrogens (tertiary/aromatic N) is 1. The van der Waals surface area contributed by atoms with E-state index in [9.17, 15) is 9.18 Å². The van der Waals surface area contributed by atoms with Crippen LogP contribution in [-0.2, 0) is 0 Å². The highest BCUT2D eigenvalue weighted by atomic mass is 32.1. The summed E-state index contributed by atoms with van der Waals surface area (Å²) >= 11 is 4.25. The zero-order chi connectivity index (χ0) is 16.3. The Morgan fingerprint density at radius 3 is 2.50 bits per heavy atom. The third kappa shape index (κ3) is 4.04. The number of nitrogens with one attached hydrogen (secondary N) is 1. The van der Waals surface area contributed by atoms with Gasteiger partial charge in [0.15, 0.2) is 0 Å². The van der Waals surface area contributed by atoms with Crippen LogP contribution in [-0.4, -0.2) is 20.8 Å². The van der Waals surface area contributed by atoms with Crippen LogP contribution in [0.25, 0.3) is 0 Å². The van der Waals surface area contributed by atoms with Crippen LogP contribution < -0.4 is 15.1 Å². The Labute approximate surface area is 136 Å². The van der Waals surface area contributed by atoms with Crippen LogP contribution in [0.2, 0.25) is 0 Å². The smallest absolute Gasteiger partial charge is 0.251 e. The summed E-state index contributed by atoms with van der Waals surface area (Å²) in [6.45, 7) is 1.87. The lowest BCUT2D eigenvalue weighted by Gasteiger charge is -2.17. The number of hydrogen-bond acceptors (Lipinski definition) is 3. The molecule has 0 aliphatic heterocycles. The summed E-state index contributed by atoms with van der Waals surface area (Å²) < 4.78 is 14.6. The zero-order valence-electron chi connectivity index (χ0n) is 12.8. The Bertz CT molecular complexity index is 676. The number of amides is 1. The molecule has 0 spiro atoms. The van der Waals surface area contributed by atoms with Gasteiger partial charge >= 0.3 is 0 Å². The van der Waals surface area contributed by atoms with Crippen molar-refractivity contribution in [3.63, 3.8) is 0 Å². The summed E-state index contributed by atoms with van der Waals surface area (Å²) in [5.41, 5.74) is 3.26. The fourth-order valence-electron chi connectivity index (χ4n) is 2.20. The lowest BCUT2D eigenvalue weighted by molar-refractivity contribution is 0.0940. The SMILES string of the molecule is Bc1cc(C(=O)N[C@H](C)c2ccc(F)cc2)cc(N(C)S)c1. The van der Waals surface area contributed by atoms with E-state index in [0.29, 0.717) is 5.56 Å². The highest BCUT2D eigenvalue weighted by Crippen LogP contribution is 2.17. The van der Waals surface area contributed by atoms with E-state index < -0.39 is 0 Å². The summed E-state index contributed by atoms with van der Waals surface area (Å²) in [4.78, 5) is 12.4. The molecule has 0 heterocycles. The van der Waals surface area contributed by atoms with E-state index >= 15 is 0 Å². The van der Waals surface area contributed by atoms with Gasteiger partial charge in [-0.05, 0) is 36.8 Å². The van der Waals surface area contributed by atoms with Gasteiger partial charge < -0.3 is 9.62 Å². The van der Waals surface area contributed by atoms with Crippen molar-refractivity contribution in [3.8, 4) is 0 Å². The molecule has 6 heteroatoms. The highest BCUT2D eigenvalue weighted by molar-refractivity contribution is 7.81. The van der Waals surface area contributed by atoms with Gasteiger partial charge in [-0.25, -0.2) is 4.39 Å². The third-order valence-electron chi connectivity index (χ3n) is 3.42. The molecule has 0 saturated heterocycles. The highest BCUT2D eigenvalue weighted by Gasteiger charge is 2.13. The number of rotatable bonds is 4. The summed E-state index contributed by atoms with van der Waals surface area (Å²) in [7, 11) is 3.74. The van der Waals surface area contributed by atoms with Crippen molar-refractivity contribution < 1.29 is 9.18 Å². The molecule has 0 unspecified atom stereocenters. The Balaban J connectivity index is 2.16. The van der Waals surface area contributed by atoms with E-state index in [1.54, 1.807) is 29.6 Å². The minimum absolute atomic E-state index is 0.169. The van der Waals surface area contributed by atoms with E-state index in [4.69, 9.17) is 0 Å². The Morgan fingerprint density at radius 2 is 1.91 bits per heavy atom. The lowest BCUT2D eigenvalue weighted by Crippen LogP contribution is -2.27. The average Bonchev–Trinajstić information content (AvgIpc) is 2.47. The number of benzene rings is 2. The maximum atomic E-state index is 12.9. The molecule has 2 rings (SSSR count). The van der Waals surface area contributed by atoms with Gasteiger partial charge in [0.25, 0.3) is 5.91 Å². The maximum absolute atomic E-state index is 12.9. The van der Waals surface area contributed by atoms with Gasteiger partial charge in [-0.1, -0.05) is 36.5 Å². The predicted molar refractivity (Wildman–Crippen MR) is 94.3 cm³/mol. The topological polar surface area (TPSA) is 32.3 Å². The minimum atomic E-state index is -0.289. The largest absolute Gasteiger partial charge is 0.346 e. The molecule has 1 amide bonds. The van der Waals surface area contributed by atoms with Crippen molar-refractivity contribution in [2.45, 2.75) is 13.0 Å². The first-order chi connectivity index (χ1) is 10.4. The number of carbonyl (C=O) groups excluding carboxylic acids is 1. The molecule has 2 aromatic rings. The molecule has 0 aliphatic rings. The average molecular weight is 316 g/mol. The van der Waals surface area contributed by atoms with Gasteiger partial charge in [-0.15, -0.1) is 0 Å². The first-order valence-corrected chi connectivity index (χ1v) is 7.37. The van der Waals surface area contributed by atoms with Crippen LogP contribution in [0.4, 0.5) is 10.1 Å². The van der Waals surface area contributed by atoms with E-state index in [-0.39, 0.29) is 17.8 Å². The first kappa shape index (κ1) is 16.4. The standard InChI is InChI=1S/C16H18BFN2OS/c1-10(11-3-5-14(18)6-4-11)19-16(21)12-7-13(17)9-15(8-12)20(2)22/h3-10,22H,17H2,1-2H3,(H,19,21)/t10-/m1/s1. The summed E-state index contributed by atoms with van der Waals surface area (Å²) in [6, 6.07) is 11.5. The molecule has 1 atom stereocenters. The number of anilines is 1. The van der Waals surface area contributed by atoms with Gasteiger partial charge in [0.05, 0.1) is 6.04 Å². The molecule has 0 aliphatic carbocycles. The van der Waals surface area contributed by atoms with Crippen LogP contribution in [0.1, 0.15) is 28.9 Å². The van der Waals surface area contributed by atoms with Crippen LogP contribution in [0.15, 0.2) is 42.5 Å². The van der Waals surface area contributed by atoms with E-state index in [1.165, 1.54) is 12.1 Å². The van der Waals surface area contributed by atoms with Crippen molar-refractivity contribution in [1.82, 2.24) is 5.32 Å². The summed E-state index contributed by atoms with van der Waals surface area (Å²) in [6.07, 6.45) is 0. The quantitative estimate of drug-likeness (QED) is 0.667. The number of halogens is 1. The van der Waals surface area contributed by atoms with Gasteiger partial charge in [0.1, 0.15) is 13.7 Å². The van der Waals surface area contributed by atoms with Crippen molar-refractivity contribution in [1.29, 1.82) is 0 Å². The molecule has 0 radical (unpaired) electrons. The Hall–Kier alpha value is -1.95. The second-order valence-electron chi connectivity index (χ2n) is 5.33. The third-order valence-corrected chi connectivity index (χ3v) is 3.65. The molecule has 22 heavy (non-hydrogen) atoms. The Morgan fingerprint density at radius 1 is 1.27 bits per heavy atom. The molecule has 1 N–H and O–H groups in total. The van der Waals surface area contributed by atoms with Crippen LogP contribution in [0.3, 0.4) is 0 Å². The van der Waals surface area contributed by atoms with Gasteiger partial charge in [-0.2, -0.15) is 0 Å². The van der Waals surface area contributed by atoms with Crippen molar-refractivity contribution >= 4 is 37.7 Å². The molecule has 0 saturated carbocycles. The fourth-order valence-corrected chi connectivity index (χ4v) is 2.31. The number of thiol groups is 1. The van der Waals surface area contributed by atoms with Crippen molar-refractivity contribution in [2.24, 2.45) is 0 Å². The minimum Gasteiger partial charge on any atom is -0.346 e. The van der Waals surface area contributed by atoms with E-state index in [0.717, 1.165) is 16.7 Å². The molecule has 3 nitrogen and oxygen atoms in total. The summed E-state index contributed by atoms with van der Waals surface area (Å²) in [5, 5.41) is 2.92. The second-order valence-corrected chi connectivity index (χ2v) is 5.93. The van der Waals surface area contributed by atoms with Gasteiger partial charge in [0.2, 0.25) is 0 Å². The molecule has 114 valence electrons. The maximum Gasteiger partial charge on any atom is 0.251 e. The normalized spacial score (nSPS) is 11.8. The Kier molecular flexibility index (Phi) is 5.13. The molecular formula is C16H18BFN2OS. The monoisotopic (exact) mass is 316 g/mol. The van der Waals surface area contributed by atoms with Crippen LogP contribution in [0.5, 0.6) is 0 Å². The van der Waals surface area contributed by atoms with Crippen molar-refractivity contribution in [3.05, 3.63) is 59.4 Å². The molecule has 0 bridgehead atoms. The number of hydrogen-bond donors (Lipinski definition) is 2. The van der Waals surface area contributed by atoms with Gasteiger partial charge in [0, 0.05) is 18.3 Å². The van der Waals surface area contributed by atoms with E-state index in [2.05, 4.69) is 18.1 Å². The molecule has 2 aromatic carbocycles. The van der Waals surface area contributed by atoms with Gasteiger partial charge in [-0.3, -0.25) is 4.79 Å². The van der Waals surface area contributed by atoms with Crippen molar-refractivity contribution in [2.75, 3.05) is 11.4 Å².